The molecule has 0 bridgehead atoms. The largest absolute Gasteiger partial charge is 0.384 e. The fourth-order valence-electron chi connectivity index (χ4n) is 3.13. The Morgan fingerprint density at radius 3 is 2.70 bits per heavy atom. The molecule has 0 saturated carbocycles. The minimum Gasteiger partial charge on any atom is -0.384 e. The first kappa shape index (κ1) is 14.0. The van der Waals surface area contributed by atoms with Gasteiger partial charge in [-0.15, -0.1) is 11.3 Å². The van der Waals surface area contributed by atoms with Crippen molar-refractivity contribution < 1.29 is 9.84 Å². The number of hydrogen-bond acceptors (Lipinski definition) is 4. The molecular weight excluding hydrogens is 270 g/mol. The van der Waals surface area contributed by atoms with E-state index in [1.807, 2.05) is 19.1 Å². The minimum absolute atomic E-state index is 0.286. The van der Waals surface area contributed by atoms with E-state index >= 15 is 0 Å². The van der Waals surface area contributed by atoms with Gasteiger partial charge in [-0.05, 0) is 37.3 Å². The molecule has 1 saturated heterocycles. The molecule has 1 aromatic carbocycles. The fraction of sp³-hybridized carbons (Fsp3) is 0.500. The minimum atomic E-state index is -0.908. The summed E-state index contributed by atoms with van der Waals surface area (Å²) >= 11 is 1.67. The zero-order chi connectivity index (χ0) is 14.2. The number of fused-ring (bicyclic) bond motifs is 1. The molecule has 2 aromatic rings. The van der Waals surface area contributed by atoms with Gasteiger partial charge in [0.25, 0.3) is 0 Å². The van der Waals surface area contributed by atoms with E-state index in [2.05, 4.69) is 18.2 Å². The lowest BCUT2D eigenvalue weighted by Gasteiger charge is -2.46. The normalized spacial score (nSPS) is 21.8. The zero-order valence-electron chi connectivity index (χ0n) is 11.8. The Balaban J connectivity index is 2.04. The summed E-state index contributed by atoms with van der Waals surface area (Å²) in [5.74, 6) is 0. The highest BCUT2D eigenvalue weighted by Gasteiger charge is 2.48. The monoisotopic (exact) mass is 291 g/mol. The molecule has 0 spiro atoms. The Bertz CT molecular complexity index is 566. The van der Waals surface area contributed by atoms with Crippen molar-refractivity contribution in [3.05, 3.63) is 35.2 Å². The SMILES string of the molecule is CC(O)(c1cc2ccccc2s1)C1(CN)CCOCC1. The fourth-order valence-corrected chi connectivity index (χ4v) is 4.36. The van der Waals surface area contributed by atoms with Crippen LogP contribution in [0.4, 0.5) is 0 Å². The van der Waals surface area contributed by atoms with Crippen molar-refractivity contribution in [2.75, 3.05) is 19.8 Å². The molecule has 0 radical (unpaired) electrons. The summed E-state index contributed by atoms with van der Waals surface area (Å²) in [7, 11) is 0. The Morgan fingerprint density at radius 1 is 1.35 bits per heavy atom. The van der Waals surface area contributed by atoms with Crippen LogP contribution in [0.3, 0.4) is 0 Å². The van der Waals surface area contributed by atoms with E-state index in [0.29, 0.717) is 19.8 Å². The summed E-state index contributed by atoms with van der Waals surface area (Å²) in [5, 5.41) is 12.4. The summed E-state index contributed by atoms with van der Waals surface area (Å²) in [4.78, 5) is 1.01. The van der Waals surface area contributed by atoms with Crippen molar-refractivity contribution in [1.82, 2.24) is 0 Å². The van der Waals surface area contributed by atoms with Crippen LogP contribution >= 0.6 is 11.3 Å². The lowest BCUT2D eigenvalue weighted by Crippen LogP contribution is -2.51. The molecule has 20 heavy (non-hydrogen) atoms. The summed E-state index contributed by atoms with van der Waals surface area (Å²) < 4.78 is 6.66. The third-order valence-corrected chi connectivity index (χ3v) is 6.11. The maximum atomic E-state index is 11.2. The van der Waals surface area contributed by atoms with Gasteiger partial charge >= 0.3 is 0 Å². The Morgan fingerprint density at radius 2 is 2.05 bits per heavy atom. The van der Waals surface area contributed by atoms with Gasteiger partial charge in [0.2, 0.25) is 0 Å². The summed E-state index contributed by atoms with van der Waals surface area (Å²) in [6.45, 7) is 3.75. The molecule has 108 valence electrons. The second-order valence-corrected chi connectivity index (χ2v) is 6.90. The highest BCUT2D eigenvalue weighted by atomic mass is 32.1. The van der Waals surface area contributed by atoms with Gasteiger partial charge in [0.1, 0.15) is 5.60 Å². The van der Waals surface area contributed by atoms with Crippen molar-refractivity contribution in [2.24, 2.45) is 11.1 Å². The summed E-state index contributed by atoms with van der Waals surface area (Å²) in [5.41, 5.74) is 4.85. The maximum Gasteiger partial charge on any atom is 0.103 e. The van der Waals surface area contributed by atoms with Crippen LogP contribution < -0.4 is 5.73 Å². The smallest absolute Gasteiger partial charge is 0.103 e. The molecule has 3 nitrogen and oxygen atoms in total. The molecule has 4 heteroatoms. The van der Waals surface area contributed by atoms with E-state index in [1.165, 1.54) is 10.1 Å². The van der Waals surface area contributed by atoms with Gasteiger partial charge in [-0.1, -0.05) is 18.2 Å². The van der Waals surface area contributed by atoms with Gasteiger partial charge < -0.3 is 15.6 Å². The second-order valence-electron chi connectivity index (χ2n) is 5.82. The number of aliphatic hydroxyl groups is 1. The summed E-state index contributed by atoms with van der Waals surface area (Å²) in [6, 6.07) is 10.3. The van der Waals surface area contributed by atoms with E-state index in [-0.39, 0.29) is 5.41 Å². The van der Waals surface area contributed by atoms with Gasteiger partial charge in [-0.3, -0.25) is 0 Å². The maximum absolute atomic E-state index is 11.2. The van der Waals surface area contributed by atoms with Crippen LogP contribution in [0.1, 0.15) is 24.6 Å². The Labute approximate surface area is 123 Å². The van der Waals surface area contributed by atoms with Crippen LogP contribution in [0, 0.1) is 5.41 Å². The molecule has 1 atom stereocenters. The zero-order valence-corrected chi connectivity index (χ0v) is 12.6. The average Bonchev–Trinajstić information content (AvgIpc) is 2.92. The second kappa shape index (κ2) is 5.11. The van der Waals surface area contributed by atoms with E-state index in [0.717, 1.165) is 17.7 Å². The molecule has 1 aliphatic heterocycles. The molecule has 0 amide bonds. The third kappa shape index (κ3) is 2.07. The third-order valence-electron chi connectivity index (χ3n) is 4.78. The first-order chi connectivity index (χ1) is 9.59. The first-order valence-corrected chi connectivity index (χ1v) is 7.90. The van der Waals surface area contributed by atoms with Crippen LogP contribution in [0.2, 0.25) is 0 Å². The number of ether oxygens (including phenoxy) is 1. The molecule has 1 aliphatic rings. The Kier molecular flexibility index (Phi) is 3.58. The first-order valence-electron chi connectivity index (χ1n) is 7.08. The van der Waals surface area contributed by atoms with Crippen molar-refractivity contribution in [3.8, 4) is 0 Å². The van der Waals surface area contributed by atoms with Crippen molar-refractivity contribution >= 4 is 21.4 Å². The summed E-state index contributed by atoms with van der Waals surface area (Å²) in [6.07, 6.45) is 1.62. The van der Waals surface area contributed by atoms with Crippen LogP contribution in [0.15, 0.2) is 30.3 Å². The van der Waals surface area contributed by atoms with Crippen molar-refractivity contribution in [3.63, 3.8) is 0 Å². The lowest BCUT2D eigenvalue weighted by atomic mass is 9.67. The molecule has 3 N–H and O–H groups in total. The van der Waals surface area contributed by atoms with E-state index in [1.54, 1.807) is 11.3 Å². The average molecular weight is 291 g/mol. The van der Waals surface area contributed by atoms with E-state index < -0.39 is 5.60 Å². The van der Waals surface area contributed by atoms with Gasteiger partial charge in [-0.25, -0.2) is 0 Å². The standard InChI is InChI=1S/C16H21NO2S/c1-15(18,16(11-17)6-8-19-9-7-16)14-10-12-4-2-3-5-13(12)20-14/h2-5,10,18H,6-9,11,17H2,1H3. The van der Waals surface area contributed by atoms with Gasteiger partial charge in [0, 0.05) is 34.8 Å². The van der Waals surface area contributed by atoms with E-state index in [4.69, 9.17) is 10.5 Å². The molecule has 0 aliphatic carbocycles. The highest BCUT2D eigenvalue weighted by molar-refractivity contribution is 7.19. The van der Waals surface area contributed by atoms with Gasteiger partial charge in [0.05, 0.1) is 0 Å². The number of benzene rings is 1. The highest BCUT2D eigenvalue weighted by Crippen LogP contribution is 2.49. The number of hydrogen-bond donors (Lipinski definition) is 2. The molecule has 1 aromatic heterocycles. The van der Waals surface area contributed by atoms with Crippen molar-refractivity contribution in [2.45, 2.75) is 25.4 Å². The van der Waals surface area contributed by atoms with Crippen LogP contribution in [0.5, 0.6) is 0 Å². The van der Waals surface area contributed by atoms with E-state index in [9.17, 15) is 5.11 Å². The molecule has 1 fully saturated rings. The van der Waals surface area contributed by atoms with Crippen LogP contribution in [-0.2, 0) is 10.3 Å². The number of nitrogens with two attached hydrogens (primary N) is 1. The van der Waals surface area contributed by atoms with Crippen molar-refractivity contribution in [1.29, 1.82) is 0 Å². The van der Waals surface area contributed by atoms with Crippen LogP contribution in [0.25, 0.3) is 10.1 Å². The Hall–Kier alpha value is -0.940. The molecular formula is C16H21NO2S. The quantitative estimate of drug-likeness (QED) is 0.914. The lowest BCUT2D eigenvalue weighted by molar-refractivity contribution is -0.121. The van der Waals surface area contributed by atoms with Gasteiger partial charge in [0.15, 0.2) is 0 Å². The number of rotatable bonds is 3. The molecule has 1 unspecified atom stereocenters. The predicted molar refractivity (Wildman–Crippen MR) is 82.9 cm³/mol. The number of thiophene rings is 1. The topological polar surface area (TPSA) is 55.5 Å². The van der Waals surface area contributed by atoms with Gasteiger partial charge in [-0.2, -0.15) is 0 Å². The molecule has 2 heterocycles. The van der Waals surface area contributed by atoms with Crippen LogP contribution in [-0.4, -0.2) is 24.9 Å². The predicted octanol–water partition coefficient (Wildman–Crippen LogP) is 2.86. The molecule has 3 rings (SSSR count).